The van der Waals surface area contributed by atoms with E-state index in [0.717, 1.165) is 0 Å². The summed E-state index contributed by atoms with van der Waals surface area (Å²) in [5.41, 5.74) is -0.108. The molecule has 2 aromatic rings. The minimum Gasteiger partial charge on any atom is -0.496 e. The first-order valence-electron chi connectivity index (χ1n) is 6.96. The first-order chi connectivity index (χ1) is 11.2. The van der Waals surface area contributed by atoms with Gasteiger partial charge in [-0.25, -0.2) is 0 Å². The summed E-state index contributed by atoms with van der Waals surface area (Å²) in [4.78, 5) is 12.2. The smallest absolute Gasteiger partial charge is 0.420 e. The van der Waals surface area contributed by atoms with Gasteiger partial charge in [-0.3, -0.25) is 4.79 Å². The predicted octanol–water partition coefficient (Wildman–Crippen LogP) is 3.85. The van der Waals surface area contributed by atoms with E-state index in [0.29, 0.717) is 16.6 Å². The number of likely N-dealkylation sites (N-methyl/N-ethyl adjacent to an activating group) is 1. The highest BCUT2D eigenvalue weighted by atomic mass is 19.4. The van der Waals surface area contributed by atoms with E-state index in [2.05, 4.69) is 6.58 Å². The highest BCUT2D eigenvalue weighted by Crippen LogP contribution is 2.42. The van der Waals surface area contributed by atoms with Gasteiger partial charge in [0.15, 0.2) is 0 Å². The number of ether oxygens (including phenoxy) is 1. The van der Waals surface area contributed by atoms with Gasteiger partial charge in [-0.05, 0) is 22.9 Å². The maximum absolute atomic E-state index is 13.4. The van der Waals surface area contributed by atoms with Gasteiger partial charge >= 0.3 is 12.1 Å². The molecule has 24 heavy (non-hydrogen) atoms. The number of alkyl halides is 3. The number of nitrogens with zero attached hydrogens (tertiary/aromatic N) is 1. The second-order valence-corrected chi connectivity index (χ2v) is 5.24. The molecule has 0 aliphatic rings. The lowest BCUT2D eigenvalue weighted by atomic mass is 9.97. The van der Waals surface area contributed by atoms with Gasteiger partial charge in [-0.15, -0.1) is 0 Å². The summed E-state index contributed by atoms with van der Waals surface area (Å²) in [7, 11) is 2.70. The Hall–Kier alpha value is -2.70. The zero-order chi connectivity index (χ0) is 18.1. The molecule has 0 heterocycles. The van der Waals surface area contributed by atoms with Gasteiger partial charge in [-0.2, -0.15) is 13.2 Å². The van der Waals surface area contributed by atoms with Gasteiger partial charge in [0.1, 0.15) is 17.9 Å². The normalized spacial score (nSPS) is 11.4. The van der Waals surface area contributed by atoms with Crippen LogP contribution in [-0.2, 0) is 11.0 Å². The van der Waals surface area contributed by atoms with Crippen LogP contribution in [0.3, 0.4) is 0 Å². The fourth-order valence-electron chi connectivity index (χ4n) is 2.56. The third-order valence-electron chi connectivity index (χ3n) is 3.67. The van der Waals surface area contributed by atoms with Crippen molar-refractivity contribution in [3.63, 3.8) is 0 Å². The summed E-state index contributed by atoms with van der Waals surface area (Å²) in [5, 5.41) is 9.17. The van der Waals surface area contributed by atoms with Gasteiger partial charge < -0.3 is 14.7 Å². The Morgan fingerprint density at radius 1 is 1.25 bits per heavy atom. The van der Waals surface area contributed by atoms with Gasteiger partial charge in [0, 0.05) is 18.3 Å². The molecule has 0 spiro atoms. The molecule has 0 aromatic heterocycles. The maximum Gasteiger partial charge on any atom is 0.420 e. The van der Waals surface area contributed by atoms with Crippen molar-refractivity contribution in [3.05, 3.63) is 48.0 Å². The average molecular weight is 339 g/mol. The topological polar surface area (TPSA) is 49.8 Å². The number of aliphatic carboxylic acids is 1. The summed E-state index contributed by atoms with van der Waals surface area (Å²) >= 11 is 0. The summed E-state index contributed by atoms with van der Waals surface area (Å²) in [6, 6.07) is 7.20. The Morgan fingerprint density at radius 2 is 1.92 bits per heavy atom. The van der Waals surface area contributed by atoms with Crippen LogP contribution in [0, 0.1) is 0 Å². The largest absolute Gasteiger partial charge is 0.496 e. The molecule has 0 amide bonds. The Balaban J connectivity index is 2.67. The van der Waals surface area contributed by atoms with Gasteiger partial charge in [-0.1, -0.05) is 24.8 Å². The minimum absolute atomic E-state index is 0.0239. The fraction of sp³-hybridized carbons (Fsp3) is 0.235. The number of carboxylic acid groups (broad SMARTS) is 1. The molecule has 7 heteroatoms. The van der Waals surface area contributed by atoms with Gasteiger partial charge in [0.2, 0.25) is 0 Å². The van der Waals surface area contributed by atoms with Crippen molar-refractivity contribution >= 4 is 22.4 Å². The number of hydrogen-bond acceptors (Lipinski definition) is 3. The standard InChI is InChI=1S/C17H16F3NO3/c1-10(21(2)9-15(22)23)11-5-4-6-13-12(11)7-8-14(24-3)16(13)17(18,19)20/h4-8H,1,9H2,2-3H3,(H,22,23). The molecule has 0 saturated carbocycles. The van der Waals surface area contributed by atoms with E-state index in [4.69, 9.17) is 9.84 Å². The van der Waals surface area contributed by atoms with Crippen molar-refractivity contribution in [2.24, 2.45) is 0 Å². The molecule has 0 aliphatic heterocycles. The Kier molecular flexibility index (Phi) is 4.73. The molecule has 0 atom stereocenters. The van der Waals surface area contributed by atoms with Crippen molar-refractivity contribution < 1.29 is 27.8 Å². The first-order valence-corrected chi connectivity index (χ1v) is 6.96. The molecule has 0 fully saturated rings. The summed E-state index contributed by atoms with van der Waals surface area (Å²) in [6.45, 7) is 3.50. The van der Waals surface area contributed by atoms with Crippen molar-refractivity contribution in [1.29, 1.82) is 0 Å². The van der Waals surface area contributed by atoms with Crippen LogP contribution in [0.5, 0.6) is 5.75 Å². The molecule has 0 aliphatic carbocycles. The number of fused-ring (bicyclic) bond motifs is 1. The second kappa shape index (κ2) is 6.43. The van der Waals surface area contributed by atoms with Gasteiger partial charge in [0.05, 0.1) is 7.11 Å². The molecular weight excluding hydrogens is 323 g/mol. The molecule has 2 rings (SSSR count). The van der Waals surface area contributed by atoms with Crippen LogP contribution in [-0.4, -0.2) is 36.7 Å². The number of rotatable bonds is 5. The minimum atomic E-state index is -4.59. The molecule has 128 valence electrons. The van der Waals surface area contributed by atoms with E-state index in [9.17, 15) is 18.0 Å². The molecule has 4 nitrogen and oxygen atoms in total. The molecule has 0 saturated heterocycles. The number of hydrogen-bond donors (Lipinski definition) is 1. The molecule has 2 aromatic carbocycles. The lowest BCUT2D eigenvalue weighted by molar-refractivity contribution is -0.138. The lowest BCUT2D eigenvalue weighted by Crippen LogP contribution is -2.24. The van der Waals surface area contributed by atoms with E-state index in [1.165, 1.54) is 43.3 Å². The Labute approximate surface area is 136 Å². The first kappa shape index (κ1) is 17.7. The van der Waals surface area contributed by atoms with E-state index in [-0.39, 0.29) is 17.7 Å². The number of benzene rings is 2. The zero-order valence-corrected chi connectivity index (χ0v) is 13.1. The average Bonchev–Trinajstić information content (AvgIpc) is 2.50. The third kappa shape index (κ3) is 3.29. The molecular formula is C17H16F3NO3. The van der Waals surface area contributed by atoms with Crippen molar-refractivity contribution in [2.75, 3.05) is 20.7 Å². The third-order valence-corrected chi connectivity index (χ3v) is 3.67. The summed E-state index contributed by atoms with van der Waals surface area (Å²) < 4.78 is 45.2. The zero-order valence-electron chi connectivity index (χ0n) is 13.1. The van der Waals surface area contributed by atoms with Crippen LogP contribution in [0.4, 0.5) is 13.2 Å². The van der Waals surface area contributed by atoms with Crippen LogP contribution in [0.2, 0.25) is 0 Å². The van der Waals surface area contributed by atoms with Crippen LogP contribution >= 0.6 is 0 Å². The number of carboxylic acids is 1. The molecule has 0 radical (unpaired) electrons. The lowest BCUT2D eigenvalue weighted by Gasteiger charge is -2.22. The predicted molar refractivity (Wildman–Crippen MR) is 84.8 cm³/mol. The Morgan fingerprint density at radius 3 is 2.46 bits per heavy atom. The van der Waals surface area contributed by atoms with Crippen molar-refractivity contribution in [1.82, 2.24) is 4.90 Å². The van der Waals surface area contributed by atoms with E-state index < -0.39 is 17.7 Å². The highest BCUT2D eigenvalue weighted by Gasteiger charge is 2.36. The van der Waals surface area contributed by atoms with Crippen LogP contribution in [0.1, 0.15) is 11.1 Å². The Bertz CT molecular complexity index is 800. The van der Waals surface area contributed by atoms with Crippen LogP contribution in [0.15, 0.2) is 36.9 Å². The summed E-state index contributed by atoms with van der Waals surface area (Å²) in [6.07, 6.45) is -4.59. The SMILES string of the molecule is C=C(c1cccc2c(C(F)(F)F)c(OC)ccc12)N(C)CC(=O)O. The van der Waals surface area contributed by atoms with Crippen LogP contribution < -0.4 is 4.74 Å². The van der Waals surface area contributed by atoms with E-state index in [1.54, 1.807) is 6.07 Å². The van der Waals surface area contributed by atoms with Crippen molar-refractivity contribution in [2.45, 2.75) is 6.18 Å². The molecule has 0 unspecified atom stereocenters. The van der Waals surface area contributed by atoms with Crippen molar-refractivity contribution in [3.8, 4) is 5.75 Å². The second-order valence-electron chi connectivity index (χ2n) is 5.24. The monoisotopic (exact) mass is 339 g/mol. The van der Waals surface area contributed by atoms with E-state index in [1.807, 2.05) is 0 Å². The number of halogens is 3. The number of methoxy groups -OCH3 is 1. The fourth-order valence-corrected chi connectivity index (χ4v) is 2.56. The highest BCUT2D eigenvalue weighted by molar-refractivity contribution is 5.96. The summed E-state index contributed by atoms with van der Waals surface area (Å²) in [5.74, 6) is -1.33. The maximum atomic E-state index is 13.4. The number of carbonyl (C=O) groups is 1. The quantitative estimate of drug-likeness (QED) is 0.899. The van der Waals surface area contributed by atoms with E-state index >= 15 is 0 Å². The molecule has 1 N–H and O–H groups in total. The van der Waals surface area contributed by atoms with Crippen LogP contribution in [0.25, 0.3) is 16.5 Å². The molecule has 0 bridgehead atoms. The van der Waals surface area contributed by atoms with Gasteiger partial charge in [0.25, 0.3) is 0 Å².